The Bertz CT molecular complexity index is 591. The van der Waals surface area contributed by atoms with Crippen LogP contribution in [0.3, 0.4) is 0 Å². The molecule has 1 atom stereocenters. The molecule has 1 unspecified atom stereocenters. The van der Waals surface area contributed by atoms with Gasteiger partial charge in [0.05, 0.1) is 5.92 Å². The highest BCUT2D eigenvalue weighted by atomic mass is 79.9. The average Bonchev–Trinajstić information content (AvgIpc) is 3.00. The van der Waals surface area contributed by atoms with Gasteiger partial charge in [0.15, 0.2) is 0 Å². The van der Waals surface area contributed by atoms with Crippen LogP contribution in [0.25, 0.3) is 0 Å². The Morgan fingerprint density at radius 1 is 1.26 bits per heavy atom. The number of benzene rings is 1. The van der Waals surface area contributed by atoms with Gasteiger partial charge in [0.1, 0.15) is 0 Å². The third-order valence-electron chi connectivity index (χ3n) is 3.58. The van der Waals surface area contributed by atoms with Gasteiger partial charge in [0.25, 0.3) is 0 Å². The molecule has 1 aliphatic rings. The minimum Gasteiger partial charge on any atom is -0.481 e. The Hall–Kier alpha value is -2.09. The summed E-state index contributed by atoms with van der Waals surface area (Å²) in [6, 6.07) is 6.87. The number of hydrogen-bond acceptors (Lipinski definition) is 3. The molecule has 0 aliphatic carbocycles. The summed E-state index contributed by atoms with van der Waals surface area (Å²) in [6.45, 7) is 0.843. The first-order valence-corrected chi connectivity index (χ1v) is 8.06. The summed E-state index contributed by atoms with van der Waals surface area (Å²) in [6.07, 6.45) is 0.616. The molecule has 1 fully saturated rings. The lowest BCUT2D eigenvalue weighted by Gasteiger charge is -2.16. The molecule has 1 aliphatic heterocycles. The molecule has 1 heterocycles. The molecule has 1 aromatic carbocycles. The zero-order valence-corrected chi connectivity index (χ0v) is 14.0. The highest BCUT2D eigenvalue weighted by Gasteiger charge is 2.30. The van der Waals surface area contributed by atoms with E-state index in [0.717, 1.165) is 4.47 Å². The maximum Gasteiger partial charge on any atom is 0.317 e. The van der Waals surface area contributed by atoms with Gasteiger partial charge in [0, 0.05) is 36.2 Å². The second kappa shape index (κ2) is 7.96. The van der Waals surface area contributed by atoms with E-state index in [-0.39, 0.29) is 31.4 Å². The zero-order valence-electron chi connectivity index (χ0n) is 12.4. The van der Waals surface area contributed by atoms with Crippen LogP contribution in [0.4, 0.5) is 10.5 Å². The first-order chi connectivity index (χ1) is 11.0. The Labute approximate surface area is 142 Å². The van der Waals surface area contributed by atoms with Crippen molar-refractivity contribution in [2.75, 3.05) is 25.0 Å². The highest BCUT2D eigenvalue weighted by Crippen LogP contribution is 2.16. The van der Waals surface area contributed by atoms with E-state index in [4.69, 9.17) is 5.11 Å². The molecule has 3 amide bonds. The van der Waals surface area contributed by atoms with Gasteiger partial charge in [-0.2, -0.15) is 0 Å². The quantitative estimate of drug-likeness (QED) is 0.722. The second-order valence-electron chi connectivity index (χ2n) is 5.31. The molecule has 0 spiro atoms. The first-order valence-electron chi connectivity index (χ1n) is 7.26. The number of carbonyl (C=O) groups is 3. The third-order valence-corrected chi connectivity index (χ3v) is 4.11. The number of carboxylic acids is 1. The molecular weight excluding hydrogens is 366 g/mol. The predicted octanol–water partition coefficient (Wildman–Crippen LogP) is 1.89. The van der Waals surface area contributed by atoms with Gasteiger partial charge in [-0.05, 0) is 30.7 Å². The van der Waals surface area contributed by atoms with Gasteiger partial charge in [0.2, 0.25) is 5.91 Å². The lowest BCUT2D eigenvalue weighted by molar-refractivity contribution is -0.141. The number of aliphatic carboxylic acids is 1. The number of carboxylic acid groups (broad SMARTS) is 1. The van der Waals surface area contributed by atoms with Crippen LogP contribution in [-0.4, -0.2) is 47.5 Å². The highest BCUT2D eigenvalue weighted by molar-refractivity contribution is 9.10. The van der Waals surface area contributed by atoms with Gasteiger partial charge < -0.3 is 20.6 Å². The predicted molar refractivity (Wildman–Crippen MR) is 88.1 cm³/mol. The molecule has 1 aromatic rings. The number of halogens is 1. The van der Waals surface area contributed by atoms with Crippen molar-refractivity contribution in [1.29, 1.82) is 0 Å². The Balaban J connectivity index is 1.68. The number of anilines is 1. The van der Waals surface area contributed by atoms with Crippen LogP contribution in [0, 0.1) is 5.92 Å². The van der Waals surface area contributed by atoms with Gasteiger partial charge in [-0.3, -0.25) is 9.59 Å². The molecule has 7 nitrogen and oxygen atoms in total. The molecular formula is C15H18BrN3O4. The number of rotatable bonds is 5. The number of carbonyl (C=O) groups excluding carboxylic acids is 2. The fourth-order valence-corrected chi connectivity index (χ4v) is 2.56. The molecule has 3 N–H and O–H groups in total. The Kier molecular flexibility index (Phi) is 5.97. The maximum atomic E-state index is 11.9. The number of nitrogens with one attached hydrogen (secondary N) is 2. The van der Waals surface area contributed by atoms with Gasteiger partial charge in [-0.15, -0.1) is 0 Å². The van der Waals surface area contributed by atoms with E-state index in [2.05, 4.69) is 26.6 Å². The van der Waals surface area contributed by atoms with Gasteiger partial charge >= 0.3 is 12.0 Å². The van der Waals surface area contributed by atoms with E-state index in [0.29, 0.717) is 18.7 Å². The summed E-state index contributed by atoms with van der Waals surface area (Å²) in [4.78, 5) is 36.0. The van der Waals surface area contributed by atoms with Crippen molar-refractivity contribution >= 4 is 39.5 Å². The van der Waals surface area contributed by atoms with Crippen molar-refractivity contribution in [3.63, 3.8) is 0 Å². The summed E-state index contributed by atoms with van der Waals surface area (Å²) < 4.78 is 0.924. The van der Waals surface area contributed by atoms with Gasteiger partial charge in [-0.1, -0.05) is 15.9 Å². The van der Waals surface area contributed by atoms with Crippen LogP contribution < -0.4 is 10.6 Å². The van der Waals surface area contributed by atoms with Gasteiger partial charge in [-0.25, -0.2) is 4.79 Å². The molecule has 1 saturated heterocycles. The third kappa shape index (κ3) is 5.24. The summed E-state index contributed by atoms with van der Waals surface area (Å²) in [5.41, 5.74) is 0.688. The lowest BCUT2D eigenvalue weighted by atomic mass is 10.1. The summed E-state index contributed by atoms with van der Waals surface area (Å²) >= 11 is 3.31. The Morgan fingerprint density at radius 2 is 1.96 bits per heavy atom. The number of hydrogen-bond donors (Lipinski definition) is 3. The van der Waals surface area contributed by atoms with E-state index in [1.54, 1.807) is 12.1 Å². The topological polar surface area (TPSA) is 98.7 Å². The second-order valence-corrected chi connectivity index (χ2v) is 6.22. The fraction of sp³-hybridized carbons (Fsp3) is 0.400. The molecule has 0 aromatic heterocycles. The summed E-state index contributed by atoms with van der Waals surface area (Å²) in [5.74, 6) is -1.58. The SMILES string of the molecule is O=C(CCNC(=O)N1CCC(C(=O)O)C1)Nc1ccc(Br)cc1. The van der Waals surface area contributed by atoms with Crippen LogP contribution in [0.5, 0.6) is 0 Å². The van der Waals surface area contributed by atoms with E-state index in [1.807, 2.05) is 12.1 Å². The van der Waals surface area contributed by atoms with Crippen molar-refractivity contribution in [3.8, 4) is 0 Å². The van der Waals surface area contributed by atoms with E-state index in [9.17, 15) is 14.4 Å². The molecule has 23 heavy (non-hydrogen) atoms. The van der Waals surface area contributed by atoms with E-state index in [1.165, 1.54) is 4.90 Å². The van der Waals surface area contributed by atoms with Crippen molar-refractivity contribution in [3.05, 3.63) is 28.7 Å². The largest absolute Gasteiger partial charge is 0.481 e. The maximum absolute atomic E-state index is 11.9. The first kappa shape index (κ1) is 17.3. The smallest absolute Gasteiger partial charge is 0.317 e. The van der Waals surface area contributed by atoms with Crippen LogP contribution >= 0.6 is 15.9 Å². The van der Waals surface area contributed by atoms with Crippen molar-refractivity contribution in [2.45, 2.75) is 12.8 Å². The number of nitrogens with zero attached hydrogens (tertiary/aromatic N) is 1. The monoisotopic (exact) mass is 383 g/mol. The van der Waals surface area contributed by atoms with Crippen molar-refractivity contribution < 1.29 is 19.5 Å². The minimum absolute atomic E-state index is 0.151. The van der Waals surface area contributed by atoms with Crippen LogP contribution in [-0.2, 0) is 9.59 Å². The molecule has 0 radical (unpaired) electrons. The molecule has 2 rings (SSSR count). The molecule has 0 saturated carbocycles. The van der Waals surface area contributed by atoms with Crippen LogP contribution in [0.2, 0.25) is 0 Å². The average molecular weight is 384 g/mol. The fourth-order valence-electron chi connectivity index (χ4n) is 2.30. The van der Waals surface area contributed by atoms with Crippen molar-refractivity contribution in [2.24, 2.45) is 5.92 Å². The normalized spacial score (nSPS) is 16.9. The summed E-state index contributed by atoms with van der Waals surface area (Å²) in [5, 5.41) is 14.3. The molecule has 124 valence electrons. The van der Waals surface area contributed by atoms with Crippen LogP contribution in [0.15, 0.2) is 28.7 Å². The van der Waals surface area contributed by atoms with E-state index >= 15 is 0 Å². The van der Waals surface area contributed by atoms with E-state index < -0.39 is 11.9 Å². The van der Waals surface area contributed by atoms with Crippen LogP contribution in [0.1, 0.15) is 12.8 Å². The number of amides is 3. The lowest BCUT2D eigenvalue weighted by Crippen LogP contribution is -2.40. The summed E-state index contributed by atoms with van der Waals surface area (Å²) in [7, 11) is 0. The molecule has 8 heteroatoms. The minimum atomic E-state index is -0.880. The standard InChI is InChI=1S/C15H18BrN3O4/c16-11-1-3-12(4-2-11)18-13(20)5-7-17-15(23)19-8-6-10(9-19)14(21)22/h1-4,10H,5-9H2,(H,17,23)(H,18,20)(H,21,22). The number of urea groups is 1. The zero-order chi connectivity index (χ0) is 16.8. The molecule has 0 bridgehead atoms. The number of likely N-dealkylation sites (tertiary alicyclic amines) is 1. The Morgan fingerprint density at radius 3 is 2.57 bits per heavy atom. The van der Waals surface area contributed by atoms with Crippen molar-refractivity contribution in [1.82, 2.24) is 10.2 Å².